The summed E-state index contributed by atoms with van der Waals surface area (Å²) in [6, 6.07) is 0. The SMILES string of the molecule is N.[Br-].[Br-].[Cu+2]. The molecule has 0 bridgehead atoms. The van der Waals surface area contributed by atoms with Crippen molar-refractivity contribution in [2.45, 2.75) is 0 Å². The molecule has 4 heteroatoms. The molecule has 0 atom stereocenters. The molecule has 0 aliphatic rings. The van der Waals surface area contributed by atoms with Crippen LogP contribution in [-0.4, -0.2) is 0 Å². The Morgan fingerprint density at radius 2 is 0.750 bits per heavy atom. The van der Waals surface area contributed by atoms with E-state index in [-0.39, 0.29) is 57.2 Å². The van der Waals surface area contributed by atoms with Crippen LogP contribution in [0.3, 0.4) is 0 Å². The van der Waals surface area contributed by atoms with Gasteiger partial charge in [0, 0.05) is 0 Å². The van der Waals surface area contributed by atoms with Gasteiger partial charge in [0.05, 0.1) is 0 Å². The molecular formula is H3Br2CuN. The summed E-state index contributed by atoms with van der Waals surface area (Å²) in [7, 11) is 0. The second kappa shape index (κ2) is 25.3. The van der Waals surface area contributed by atoms with E-state index in [0.29, 0.717) is 0 Å². The van der Waals surface area contributed by atoms with Gasteiger partial charge in [-0.3, -0.25) is 0 Å². The Labute approximate surface area is 57.1 Å². The zero-order valence-corrected chi connectivity index (χ0v) is 5.88. The predicted molar refractivity (Wildman–Crippen MR) is 5.02 cm³/mol. The molecule has 0 rings (SSSR count). The first-order valence-corrected chi connectivity index (χ1v) is 0. The quantitative estimate of drug-likeness (QED) is 0.421. The molecule has 0 amide bonds. The van der Waals surface area contributed by atoms with Crippen LogP contribution in [0.1, 0.15) is 0 Å². The molecule has 33 valence electrons. The molecule has 0 fully saturated rings. The molecule has 4 heavy (non-hydrogen) atoms. The topological polar surface area (TPSA) is 35.0 Å². The van der Waals surface area contributed by atoms with Gasteiger partial charge < -0.3 is 40.1 Å². The van der Waals surface area contributed by atoms with E-state index in [1.54, 1.807) is 0 Å². The van der Waals surface area contributed by atoms with E-state index in [2.05, 4.69) is 0 Å². The van der Waals surface area contributed by atoms with Crippen molar-refractivity contribution in [3.63, 3.8) is 0 Å². The van der Waals surface area contributed by atoms with E-state index in [1.807, 2.05) is 0 Å². The van der Waals surface area contributed by atoms with Crippen molar-refractivity contribution in [3.8, 4) is 0 Å². The molecule has 0 spiro atoms. The summed E-state index contributed by atoms with van der Waals surface area (Å²) in [5.41, 5.74) is 0. The number of halogens is 2. The Kier molecular flexibility index (Phi) is 328. The van der Waals surface area contributed by atoms with Crippen LogP contribution in [0.4, 0.5) is 0 Å². The van der Waals surface area contributed by atoms with Gasteiger partial charge in [0.25, 0.3) is 0 Å². The zero-order valence-electron chi connectivity index (χ0n) is 1.76. The van der Waals surface area contributed by atoms with Gasteiger partial charge in [0.2, 0.25) is 0 Å². The number of hydrogen-bond donors (Lipinski definition) is 1. The molecule has 0 aromatic carbocycles. The van der Waals surface area contributed by atoms with Gasteiger partial charge in [-0.05, 0) is 0 Å². The van der Waals surface area contributed by atoms with Gasteiger partial charge >= 0.3 is 17.1 Å². The van der Waals surface area contributed by atoms with E-state index >= 15 is 0 Å². The third kappa shape index (κ3) is 9.88. The van der Waals surface area contributed by atoms with E-state index in [0.717, 1.165) is 0 Å². The molecule has 1 nitrogen and oxygen atoms in total. The molecule has 0 aliphatic heterocycles. The Balaban J connectivity index is 0. The Bertz CT molecular complexity index is 6.00. The molecule has 0 unspecified atom stereocenters. The summed E-state index contributed by atoms with van der Waals surface area (Å²) in [6.45, 7) is 0. The van der Waals surface area contributed by atoms with E-state index in [1.165, 1.54) is 0 Å². The average Bonchev–Trinajstić information content (AvgIpc) is 0. The summed E-state index contributed by atoms with van der Waals surface area (Å²) >= 11 is 0. The van der Waals surface area contributed by atoms with Gasteiger partial charge in [-0.25, -0.2) is 0 Å². The Hall–Kier alpha value is 1.44. The fraction of sp³-hybridized carbons (Fsp3) is 0. The van der Waals surface area contributed by atoms with Crippen molar-refractivity contribution >= 4 is 0 Å². The monoisotopic (exact) mass is 238 g/mol. The third-order valence-corrected chi connectivity index (χ3v) is 0. The van der Waals surface area contributed by atoms with Crippen LogP contribution >= 0.6 is 0 Å². The predicted octanol–water partition coefficient (Wildman–Crippen LogP) is -5.83. The molecule has 0 aliphatic carbocycles. The summed E-state index contributed by atoms with van der Waals surface area (Å²) in [6.07, 6.45) is 0. The minimum absolute atomic E-state index is 0. The second-order valence-electron chi connectivity index (χ2n) is 0. The van der Waals surface area contributed by atoms with Crippen LogP contribution < -0.4 is 40.1 Å². The molecule has 0 aromatic heterocycles. The largest absolute Gasteiger partial charge is 2.00 e. The maximum atomic E-state index is 0. The van der Waals surface area contributed by atoms with Crippen LogP contribution in [0.25, 0.3) is 0 Å². The van der Waals surface area contributed by atoms with E-state index in [4.69, 9.17) is 0 Å². The molecule has 0 saturated carbocycles. The van der Waals surface area contributed by atoms with Crippen molar-refractivity contribution < 1.29 is 51.0 Å². The minimum atomic E-state index is 0. The third-order valence-electron chi connectivity index (χ3n) is 0. The molecule has 0 saturated heterocycles. The first kappa shape index (κ1) is 51.7. The summed E-state index contributed by atoms with van der Waals surface area (Å²) in [5, 5.41) is 0. The van der Waals surface area contributed by atoms with Crippen LogP contribution in [0.2, 0.25) is 0 Å². The maximum absolute atomic E-state index is 0. The van der Waals surface area contributed by atoms with Crippen molar-refractivity contribution in [1.29, 1.82) is 0 Å². The van der Waals surface area contributed by atoms with Crippen molar-refractivity contribution in [2.24, 2.45) is 0 Å². The number of hydrogen-bond acceptors (Lipinski definition) is 1. The van der Waals surface area contributed by atoms with Crippen LogP contribution in [0.5, 0.6) is 0 Å². The molecule has 0 aromatic rings. The molecule has 1 radical (unpaired) electrons. The molecular weight excluding hydrogens is 237 g/mol. The van der Waals surface area contributed by atoms with Crippen LogP contribution in [-0.2, 0) is 17.1 Å². The van der Waals surface area contributed by atoms with Gasteiger partial charge in [-0.1, -0.05) is 0 Å². The van der Waals surface area contributed by atoms with Gasteiger partial charge in [0.15, 0.2) is 0 Å². The second-order valence-corrected chi connectivity index (χ2v) is 0. The first-order valence-electron chi connectivity index (χ1n) is 0. The first-order chi connectivity index (χ1) is 0. The fourth-order valence-electron chi connectivity index (χ4n) is 0. The van der Waals surface area contributed by atoms with Crippen LogP contribution in [0, 0.1) is 0 Å². The number of rotatable bonds is 0. The minimum Gasteiger partial charge on any atom is -1.00 e. The average molecular weight is 240 g/mol. The zero-order chi connectivity index (χ0) is 0. The fourth-order valence-corrected chi connectivity index (χ4v) is 0. The van der Waals surface area contributed by atoms with Crippen molar-refractivity contribution in [2.75, 3.05) is 0 Å². The Morgan fingerprint density at radius 3 is 0.750 bits per heavy atom. The van der Waals surface area contributed by atoms with Crippen LogP contribution in [0.15, 0.2) is 0 Å². The maximum Gasteiger partial charge on any atom is 2.00 e. The summed E-state index contributed by atoms with van der Waals surface area (Å²) in [4.78, 5) is 0. The van der Waals surface area contributed by atoms with E-state index in [9.17, 15) is 0 Å². The molecule has 3 N–H and O–H groups in total. The smallest absolute Gasteiger partial charge is 1.00 e. The van der Waals surface area contributed by atoms with E-state index < -0.39 is 0 Å². The standard InChI is InChI=1S/2BrH.Cu.H3N/h2*1H;;1H3/q;;+2;/p-2. The normalized spacial score (nSPS) is 0. The molecule has 0 heterocycles. The van der Waals surface area contributed by atoms with Gasteiger partial charge in [-0.2, -0.15) is 0 Å². The van der Waals surface area contributed by atoms with Gasteiger partial charge in [-0.15, -0.1) is 0 Å². The van der Waals surface area contributed by atoms with Crippen molar-refractivity contribution in [1.82, 2.24) is 6.15 Å². The Morgan fingerprint density at radius 1 is 0.750 bits per heavy atom. The van der Waals surface area contributed by atoms with Crippen molar-refractivity contribution in [3.05, 3.63) is 0 Å². The summed E-state index contributed by atoms with van der Waals surface area (Å²) in [5.74, 6) is 0. The summed E-state index contributed by atoms with van der Waals surface area (Å²) < 4.78 is 0. The van der Waals surface area contributed by atoms with Gasteiger partial charge in [0.1, 0.15) is 0 Å².